The van der Waals surface area contributed by atoms with Gasteiger partial charge in [0.1, 0.15) is 0 Å². The first-order chi connectivity index (χ1) is 16.3. The smallest absolute Gasteiger partial charge is 0.243 e. The lowest BCUT2D eigenvalue weighted by atomic mass is 10.0. The number of hydrogen-bond acceptors (Lipinski definition) is 1. The van der Waals surface area contributed by atoms with E-state index in [1.165, 1.54) is 167 Å². The third-order valence-corrected chi connectivity index (χ3v) is 7.01. The van der Waals surface area contributed by atoms with Crippen molar-refractivity contribution in [1.82, 2.24) is 5.32 Å². The Labute approximate surface area is 209 Å². The van der Waals surface area contributed by atoms with Gasteiger partial charge in [0.05, 0.1) is 0 Å². The summed E-state index contributed by atoms with van der Waals surface area (Å²) in [6.07, 6.45) is 38.3. The van der Waals surface area contributed by atoms with Crippen LogP contribution in [0.4, 0.5) is 0 Å². The molecule has 0 saturated carbocycles. The largest absolute Gasteiger partial charge is 0.353 e. The molecule has 0 rings (SSSR count). The highest BCUT2D eigenvalue weighted by atomic mass is 16.1. The summed E-state index contributed by atoms with van der Waals surface area (Å²) in [5.41, 5.74) is 0. The number of nitrogens with one attached hydrogen (secondary N) is 1. The van der Waals surface area contributed by atoms with Crippen LogP contribution in [0.5, 0.6) is 0 Å². The van der Waals surface area contributed by atoms with Crippen molar-refractivity contribution in [1.29, 1.82) is 0 Å². The van der Waals surface area contributed by atoms with Crippen molar-refractivity contribution in [3.05, 3.63) is 12.7 Å². The predicted octanol–water partition coefficient (Wildman–Crippen LogP) is 10.5. The summed E-state index contributed by atoms with van der Waals surface area (Å²) >= 11 is 0. The molecule has 0 heterocycles. The Morgan fingerprint density at radius 3 is 0.970 bits per heavy atom. The van der Waals surface area contributed by atoms with Crippen molar-refractivity contribution in [2.75, 3.05) is 6.54 Å². The Balaban J connectivity index is 3.02. The first-order valence-corrected chi connectivity index (χ1v) is 15.2. The summed E-state index contributed by atoms with van der Waals surface area (Å²) in [7, 11) is 0. The van der Waals surface area contributed by atoms with Crippen LogP contribution in [0.15, 0.2) is 12.7 Å². The van der Waals surface area contributed by atoms with E-state index in [9.17, 15) is 4.79 Å². The summed E-state index contributed by atoms with van der Waals surface area (Å²) in [5.74, 6) is -0.0467. The topological polar surface area (TPSA) is 29.1 Å². The van der Waals surface area contributed by atoms with Crippen molar-refractivity contribution in [2.45, 2.75) is 174 Å². The highest BCUT2D eigenvalue weighted by Crippen LogP contribution is 2.15. The molecule has 0 radical (unpaired) electrons. The van der Waals surface area contributed by atoms with Gasteiger partial charge in [-0.3, -0.25) is 4.79 Å². The average molecular weight is 464 g/mol. The van der Waals surface area contributed by atoms with E-state index in [-0.39, 0.29) is 5.91 Å². The molecule has 0 spiro atoms. The molecular weight excluding hydrogens is 402 g/mol. The van der Waals surface area contributed by atoms with Crippen molar-refractivity contribution in [3.8, 4) is 0 Å². The van der Waals surface area contributed by atoms with Gasteiger partial charge in [0, 0.05) is 6.54 Å². The van der Waals surface area contributed by atoms with Crippen molar-refractivity contribution in [3.63, 3.8) is 0 Å². The van der Waals surface area contributed by atoms with E-state index in [2.05, 4.69) is 18.8 Å². The van der Waals surface area contributed by atoms with Gasteiger partial charge in [0.15, 0.2) is 0 Å². The molecule has 0 aliphatic heterocycles. The number of carbonyl (C=O) groups is 1. The van der Waals surface area contributed by atoms with Gasteiger partial charge < -0.3 is 5.32 Å². The molecule has 0 unspecified atom stereocenters. The van der Waals surface area contributed by atoms with Gasteiger partial charge in [-0.15, -0.1) is 0 Å². The van der Waals surface area contributed by atoms with Crippen LogP contribution in [-0.4, -0.2) is 12.5 Å². The molecule has 0 aromatic carbocycles. The normalized spacial score (nSPS) is 11.1. The molecule has 2 nitrogen and oxygen atoms in total. The molecule has 0 fully saturated rings. The Bertz CT molecular complexity index is 392. The summed E-state index contributed by atoms with van der Waals surface area (Å²) in [6.45, 7) is 6.56. The zero-order valence-electron chi connectivity index (χ0n) is 22.8. The molecule has 2 heteroatoms. The first kappa shape index (κ1) is 32.2. The van der Waals surface area contributed by atoms with E-state index in [0.717, 1.165) is 13.0 Å². The van der Waals surface area contributed by atoms with Crippen molar-refractivity contribution >= 4 is 5.91 Å². The van der Waals surface area contributed by atoms with Crippen LogP contribution in [0.25, 0.3) is 0 Å². The number of unbranched alkanes of at least 4 members (excludes halogenated alkanes) is 25. The van der Waals surface area contributed by atoms with Crippen LogP contribution in [0.1, 0.15) is 174 Å². The molecular formula is C31H61NO. The van der Waals surface area contributed by atoms with Gasteiger partial charge in [-0.2, -0.15) is 0 Å². The lowest BCUT2D eigenvalue weighted by Gasteiger charge is -2.05. The van der Waals surface area contributed by atoms with Gasteiger partial charge in [-0.05, 0) is 12.5 Å². The maximum atomic E-state index is 11.0. The highest BCUT2D eigenvalue weighted by molar-refractivity contribution is 5.86. The second-order valence-electron chi connectivity index (χ2n) is 10.3. The minimum Gasteiger partial charge on any atom is -0.353 e. The third-order valence-electron chi connectivity index (χ3n) is 7.01. The molecule has 1 amide bonds. The van der Waals surface area contributed by atoms with Gasteiger partial charge in [-0.25, -0.2) is 0 Å². The fourth-order valence-electron chi connectivity index (χ4n) is 4.72. The fraction of sp³-hybridized carbons (Fsp3) is 0.903. The summed E-state index contributed by atoms with van der Waals surface area (Å²) in [5, 5.41) is 2.84. The number of carbonyl (C=O) groups excluding carboxylic acids is 1. The monoisotopic (exact) mass is 463 g/mol. The Morgan fingerprint density at radius 1 is 0.485 bits per heavy atom. The highest BCUT2D eigenvalue weighted by Gasteiger charge is 1.97. The van der Waals surface area contributed by atoms with Crippen molar-refractivity contribution in [2.24, 2.45) is 0 Å². The summed E-state index contributed by atoms with van der Waals surface area (Å²) < 4.78 is 0. The van der Waals surface area contributed by atoms with E-state index in [1.54, 1.807) is 0 Å². The van der Waals surface area contributed by atoms with Gasteiger partial charge in [-0.1, -0.05) is 174 Å². The van der Waals surface area contributed by atoms with E-state index in [1.807, 2.05) is 0 Å². The molecule has 196 valence electrons. The van der Waals surface area contributed by atoms with Crippen LogP contribution in [-0.2, 0) is 4.79 Å². The first-order valence-electron chi connectivity index (χ1n) is 15.2. The standard InChI is InChI=1S/C31H61NO/c1-3-5-6-7-8-9-10-11-12-13-14-15-16-17-18-19-20-21-22-23-24-25-26-27-28-29-30-32-31(33)4-2/h4H,2-3,5-30H2,1H3,(H,32,33). The predicted molar refractivity (Wildman–Crippen MR) is 149 cm³/mol. The molecule has 0 aromatic heterocycles. The fourth-order valence-corrected chi connectivity index (χ4v) is 4.72. The lowest BCUT2D eigenvalue weighted by Crippen LogP contribution is -2.21. The Morgan fingerprint density at radius 2 is 0.727 bits per heavy atom. The third kappa shape index (κ3) is 29.2. The van der Waals surface area contributed by atoms with E-state index in [4.69, 9.17) is 0 Å². The second-order valence-corrected chi connectivity index (χ2v) is 10.3. The van der Waals surface area contributed by atoms with Crippen molar-refractivity contribution < 1.29 is 4.79 Å². The minimum atomic E-state index is -0.0467. The maximum Gasteiger partial charge on any atom is 0.243 e. The average Bonchev–Trinajstić information content (AvgIpc) is 2.83. The van der Waals surface area contributed by atoms with Gasteiger partial charge >= 0.3 is 0 Å². The molecule has 1 N–H and O–H groups in total. The lowest BCUT2D eigenvalue weighted by molar-refractivity contribution is -0.116. The molecule has 0 aliphatic rings. The number of amides is 1. The van der Waals surface area contributed by atoms with Crippen LogP contribution < -0.4 is 5.32 Å². The molecule has 33 heavy (non-hydrogen) atoms. The van der Waals surface area contributed by atoms with Gasteiger partial charge in [0.25, 0.3) is 0 Å². The molecule has 0 bridgehead atoms. The molecule has 0 aromatic rings. The Hall–Kier alpha value is -0.790. The Kier molecular flexibility index (Phi) is 28.5. The SMILES string of the molecule is C=CC(=O)NCCCCCCCCCCCCCCCCCCCCCCCCCCCC. The number of rotatable bonds is 28. The van der Waals surface area contributed by atoms with Crippen LogP contribution in [0.2, 0.25) is 0 Å². The summed E-state index contributed by atoms with van der Waals surface area (Å²) in [6, 6.07) is 0. The van der Waals surface area contributed by atoms with Crippen LogP contribution in [0, 0.1) is 0 Å². The maximum absolute atomic E-state index is 11.0. The second kappa shape index (κ2) is 29.2. The quantitative estimate of drug-likeness (QED) is 0.0907. The molecule has 0 aliphatic carbocycles. The van der Waals surface area contributed by atoms with E-state index in [0.29, 0.717) is 0 Å². The van der Waals surface area contributed by atoms with Crippen LogP contribution >= 0.6 is 0 Å². The summed E-state index contributed by atoms with van der Waals surface area (Å²) in [4.78, 5) is 11.0. The molecule has 0 atom stereocenters. The number of hydrogen-bond donors (Lipinski definition) is 1. The minimum absolute atomic E-state index is 0.0467. The van der Waals surface area contributed by atoms with Crippen LogP contribution in [0.3, 0.4) is 0 Å². The zero-order valence-corrected chi connectivity index (χ0v) is 22.8. The van der Waals surface area contributed by atoms with E-state index < -0.39 is 0 Å². The van der Waals surface area contributed by atoms with E-state index >= 15 is 0 Å². The zero-order chi connectivity index (χ0) is 24.1. The molecule has 0 saturated heterocycles. The van der Waals surface area contributed by atoms with Gasteiger partial charge in [0.2, 0.25) is 5.91 Å².